The smallest absolute Gasteiger partial charge is 0.259 e. The highest BCUT2D eigenvalue weighted by molar-refractivity contribution is 6.08. The average Bonchev–Trinajstić information content (AvgIpc) is 3.32. The molecule has 5 rings (SSSR count). The van der Waals surface area contributed by atoms with E-state index in [4.69, 9.17) is 9.84 Å². The van der Waals surface area contributed by atoms with E-state index in [-0.39, 0.29) is 5.91 Å². The maximum absolute atomic E-state index is 13.5. The third-order valence-corrected chi connectivity index (χ3v) is 6.11. The first-order valence-corrected chi connectivity index (χ1v) is 11.6. The van der Waals surface area contributed by atoms with Crippen LogP contribution in [0.4, 0.5) is 11.4 Å². The van der Waals surface area contributed by atoms with Gasteiger partial charge in [0.15, 0.2) is 0 Å². The highest BCUT2D eigenvalue weighted by atomic mass is 16.5. The monoisotopic (exact) mass is 452 g/mol. The molecule has 4 aromatic rings. The van der Waals surface area contributed by atoms with E-state index in [2.05, 4.69) is 28.4 Å². The van der Waals surface area contributed by atoms with Crippen molar-refractivity contribution in [2.75, 3.05) is 36.5 Å². The standard InChI is InChI=1S/C28H28N4O2/c1-20-7-6-8-22(17-20)27-25(19-32(30-27)23-9-4-3-5-10-23)28(33)29-26-12-11-24(18-21(26)2)31-13-15-34-16-14-31/h3-12,17-19H,13-16H2,1-2H3,(H,29,33). The molecule has 0 aliphatic carbocycles. The van der Waals surface area contributed by atoms with Gasteiger partial charge in [0.05, 0.1) is 24.5 Å². The maximum Gasteiger partial charge on any atom is 0.259 e. The van der Waals surface area contributed by atoms with Crippen molar-refractivity contribution in [3.8, 4) is 16.9 Å². The zero-order chi connectivity index (χ0) is 23.5. The van der Waals surface area contributed by atoms with E-state index >= 15 is 0 Å². The molecule has 34 heavy (non-hydrogen) atoms. The summed E-state index contributed by atoms with van der Waals surface area (Å²) in [7, 11) is 0. The Balaban J connectivity index is 1.46. The Kier molecular flexibility index (Phi) is 6.14. The largest absolute Gasteiger partial charge is 0.378 e. The Labute approximate surface area is 199 Å². The van der Waals surface area contributed by atoms with Gasteiger partial charge in [-0.25, -0.2) is 4.68 Å². The maximum atomic E-state index is 13.5. The molecule has 6 heteroatoms. The number of carbonyl (C=O) groups is 1. The molecule has 2 heterocycles. The molecule has 0 unspecified atom stereocenters. The summed E-state index contributed by atoms with van der Waals surface area (Å²) in [6, 6.07) is 24.1. The number of aryl methyl sites for hydroxylation is 2. The normalized spacial score (nSPS) is 13.6. The van der Waals surface area contributed by atoms with Gasteiger partial charge in [-0.1, -0.05) is 42.0 Å². The highest BCUT2D eigenvalue weighted by Crippen LogP contribution is 2.28. The molecule has 6 nitrogen and oxygen atoms in total. The van der Waals surface area contributed by atoms with Crippen LogP contribution in [0.15, 0.2) is 79.0 Å². The van der Waals surface area contributed by atoms with Crippen molar-refractivity contribution >= 4 is 17.3 Å². The average molecular weight is 453 g/mol. The first-order valence-electron chi connectivity index (χ1n) is 11.6. The van der Waals surface area contributed by atoms with Crippen LogP contribution in [0.25, 0.3) is 16.9 Å². The van der Waals surface area contributed by atoms with Gasteiger partial charge in [0.2, 0.25) is 0 Å². The topological polar surface area (TPSA) is 59.4 Å². The number of benzene rings is 3. The number of para-hydroxylation sites is 1. The van der Waals surface area contributed by atoms with Crippen LogP contribution in [0.1, 0.15) is 21.5 Å². The van der Waals surface area contributed by atoms with Gasteiger partial charge in [0, 0.05) is 36.2 Å². The van der Waals surface area contributed by atoms with Gasteiger partial charge in [0.1, 0.15) is 5.69 Å². The van der Waals surface area contributed by atoms with Crippen LogP contribution in [0.2, 0.25) is 0 Å². The highest BCUT2D eigenvalue weighted by Gasteiger charge is 2.20. The minimum atomic E-state index is -0.180. The Morgan fingerprint density at radius 3 is 2.44 bits per heavy atom. The van der Waals surface area contributed by atoms with Gasteiger partial charge in [0.25, 0.3) is 5.91 Å². The van der Waals surface area contributed by atoms with E-state index in [0.29, 0.717) is 11.3 Å². The van der Waals surface area contributed by atoms with Gasteiger partial charge in [-0.2, -0.15) is 5.10 Å². The minimum Gasteiger partial charge on any atom is -0.378 e. The molecule has 172 valence electrons. The summed E-state index contributed by atoms with van der Waals surface area (Å²) in [6.45, 7) is 7.30. The van der Waals surface area contributed by atoms with Gasteiger partial charge < -0.3 is 15.0 Å². The lowest BCUT2D eigenvalue weighted by atomic mass is 10.1. The summed E-state index contributed by atoms with van der Waals surface area (Å²) in [6.07, 6.45) is 1.81. The Morgan fingerprint density at radius 2 is 1.71 bits per heavy atom. The molecular formula is C28H28N4O2. The molecule has 1 aliphatic heterocycles. The third-order valence-electron chi connectivity index (χ3n) is 6.11. The van der Waals surface area contributed by atoms with Crippen LogP contribution in [0, 0.1) is 13.8 Å². The lowest BCUT2D eigenvalue weighted by molar-refractivity contribution is 0.102. The second-order valence-corrected chi connectivity index (χ2v) is 8.59. The summed E-state index contributed by atoms with van der Waals surface area (Å²) >= 11 is 0. The predicted molar refractivity (Wildman–Crippen MR) is 136 cm³/mol. The second-order valence-electron chi connectivity index (χ2n) is 8.59. The second kappa shape index (κ2) is 9.53. The summed E-state index contributed by atoms with van der Waals surface area (Å²) in [5, 5.41) is 7.90. The van der Waals surface area contributed by atoms with E-state index in [9.17, 15) is 4.79 Å². The summed E-state index contributed by atoms with van der Waals surface area (Å²) in [4.78, 5) is 15.8. The van der Waals surface area contributed by atoms with Crippen molar-refractivity contribution in [2.24, 2.45) is 0 Å². The molecule has 1 saturated heterocycles. The number of ether oxygens (including phenoxy) is 1. The van der Waals surface area contributed by atoms with Crippen LogP contribution in [0.3, 0.4) is 0 Å². The summed E-state index contributed by atoms with van der Waals surface area (Å²) < 4.78 is 7.22. The van der Waals surface area contributed by atoms with Crippen LogP contribution >= 0.6 is 0 Å². The van der Waals surface area contributed by atoms with Crippen molar-refractivity contribution in [3.63, 3.8) is 0 Å². The molecule has 0 bridgehead atoms. The fourth-order valence-corrected chi connectivity index (χ4v) is 4.25. The predicted octanol–water partition coefficient (Wildman–Crippen LogP) is 5.25. The Morgan fingerprint density at radius 1 is 0.912 bits per heavy atom. The summed E-state index contributed by atoms with van der Waals surface area (Å²) in [5.41, 5.74) is 7.10. The zero-order valence-corrected chi connectivity index (χ0v) is 19.5. The zero-order valence-electron chi connectivity index (χ0n) is 19.5. The molecule has 1 aliphatic rings. The first-order chi connectivity index (χ1) is 16.6. The van der Waals surface area contributed by atoms with Crippen molar-refractivity contribution in [1.29, 1.82) is 0 Å². The Bertz CT molecular complexity index is 1310. The van der Waals surface area contributed by atoms with Gasteiger partial charge in [-0.15, -0.1) is 0 Å². The van der Waals surface area contributed by atoms with Crippen LogP contribution in [-0.2, 0) is 4.74 Å². The Hall–Kier alpha value is -3.90. The molecular weight excluding hydrogens is 424 g/mol. The van der Waals surface area contributed by atoms with Gasteiger partial charge >= 0.3 is 0 Å². The van der Waals surface area contributed by atoms with Crippen molar-refractivity contribution in [2.45, 2.75) is 13.8 Å². The van der Waals surface area contributed by atoms with E-state index in [1.807, 2.05) is 68.4 Å². The molecule has 1 aromatic heterocycles. The number of carbonyl (C=O) groups excluding carboxylic acids is 1. The fourth-order valence-electron chi connectivity index (χ4n) is 4.25. The number of rotatable bonds is 5. The quantitative estimate of drug-likeness (QED) is 0.450. The lowest BCUT2D eigenvalue weighted by Crippen LogP contribution is -2.36. The molecule has 0 radical (unpaired) electrons. The van der Waals surface area contributed by atoms with Gasteiger partial charge in [-0.05, 0) is 55.8 Å². The van der Waals surface area contributed by atoms with Crippen molar-refractivity contribution in [1.82, 2.24) is 9.78 Å². The lowest BCUT2D eigenvalue weighted by Gasteiger charge is -2.29. The SMILES string of the molecule is Cc1cccc(-c2nn(-c3ccccc3)cc2C(=O)Nc2ccc(N3CCOCC3)cc2C)c1. The van der Waals surface area contributed by atoms with E-state index in [1.54, 1.807) is 10.9 Å². The molecule has 0 saturated carbocycles. The number of hydrogen-bond donors (Lipinski definition) is 1. The molecule has 3 aromatic carbocycles. The number of nitrogens with one attached hydrogen (secondary N) is 1. The van der Waals surface area contributed by atoms with E-state index in [1.165, 1.54) is 0 Å². The number of hydrogen-bond acceptors (Lipinski definition) is 4. The van der Waals surface area contributed by atoms with E-state index in [0.717, 1.165) is 60.1 Å². The van der Waals surface area contributed by atoms with Gasteiger partial charge in [-0.3, -0.25) is 4.79 Å². The number of morpholine rings is 1. The van der Waals surface area contributed by atoms with Crippen LogP contribution < -0.4 is 10.2 Å². The molecule has 1 amide bonds. The summed E-state index contributed by atoms with van der Waals surface area (Å²) in [5.74, 6) is -0.180. The van der Waals surface area contributed by atoms with Crippen LogP contribution in [-0.4, -0.2) is 42.0 Å². The first kappa shape index (κ1) is 21.9. The molecule has 1 fully saturated rings. The van der Waals surface area contributed by atoms with Crippen LogP contribution in [0.5, 0.6) is 0 Å². The molecule has 1 N–H and O–H groups in total. The number of amides is 1. The number of aromatic nitrogens is 2. The number of anilines is 2. The fraction of sp³-hybridized carbons (Fsp3) is 0.214. The van der Waals surface area contributed by atoms with Crippen molar-refractivity contribution < 1.29 is 9.53 Å². The van der Waals surface area contributed by atoms with E-state index < -0.39 is 0 Å². The third kappa shape index (κ3) is 4.58. The van der Waals surface area contributed by atoms with Crippen molar-refractivity contribution in [3.05, 3.63) is 95.7 Å². The molecule has 0 atom stereocenters. The minimum absolute atomic E-state index is 0.180. The molecule has 0 spiro atoms. The number of nitrogens with zero attached hydrogens (tertiary/aromatic N) is 3.